The Labute approximate surface area is 600 Å². The number of rotatable bonds is 82. The Hall–Kier alpha value is -2.44. The summed E-state index contributed by atoms with van der Waals surface area (Å²) in [6, 6.07) is -0.628. The van der Waals surface area contributed by atoms with Crippen LogP contribution in [-0.2, 0) is 14.3 Å². The van der Waals surface area contributed by atoms with E-state index in [-0.39, 0.29) is 18.5 Å². The van der Waals surface area contributed by atoms with Gasteiger partial charge in [0.1, 0.15) is 0 Å². The van der Waals surface area contributed by atoms with E-state index in [2.05, 4.69) is 67.8 Å². The second-order valence-corrected chi connectivity index (χ2v) is 29.9. The second kappa shape index (κ2) is 85.0. The van der Waals surface area contributed by atoms with Crippen LogP contribution in [-0.4, -0.2) is 47.4 Å². The second-order valence-electron chi connectivity index (χ2n) is 29.9. The Morgan fingerprint density at radius 2 is 0.521 bits per heavy atom. The first-order valence-corrected chi connectivity index (χ1v) is 43.6. The molecule has 6 heteroatoms. The molecule has 0 aromatic rings. The van der Waals surface area contributed by atoms with Gasteiger partial charge < -0.3 is 20.3 Å². The number of aliphatic hydroxyl groups is 2. The SMILES string of the molecule is CCCCCC/C=C\C/C=C\CCCCCCCCCC(=O)OCCCCCCCCCCCCCCC/C=C\C/C=C\CCCCCCCCCCCCCCCCCCCC(=O)NC(CO)C(O)/C=C/CCCCCCCCCCCCCCCCCCCCCCCC. The number of unbranched alkanes of at least 4 members (excludes halogenated alkanes) is 63. The highest BCUT2D eigenvalue weighted by Crippen LogP contribution is 2.20. The molecule has 0 heterocycles. The fourth-order valence-electron chi connectivity index (χ4n) is 13.6. The number of esters is 1. The zero-order chi connectivity index (χ0) is 69.1. The van der Waals surface area contributed by atoms with Crippen molar-refractivity contribution in [3.8, 4) is 0 Å². The van der Waals surface area contributed by atoms with E-state index in [1.54, 1.807) is 6.08 Å². The minimum Gasteiger partial charge on any atom is -0.466 e. The molecule has 0 spiro atoms. The van der Waals surface area contributed by atoms with E-state index in [1.165, 1.54) is 392 Å². The third-order valence-electron chi connectivity index (χ3n) is 20.3. The van der Waals surface area contributed by atoms with Crippen molar-refractivity contribution in [2.45, 2.75) is 488 Å². The molecule has 1 amide bonds. The molecule has 0 rings (SSSR count). The molecule has 0 aromatic carbocycles. The van der Waals surface area contributed by atoms with Crippen molar-refractivity contribution in [3.05, 3.63) is 60.8 Å². The van der Waals surface area contributed by atoms with Crippen LogP contribution in [0.1, 0.15) is 476 Å². The Balaban J connectivity index is 3.39. The number of aliphatic hydroxyl groups excluding tert-OH is 2. The Kier molecular flexibility index (Phi) is 82.8. The van der Waals surface area contributed by atoms with Crippen LogP contribution < -0.4 is 5.32 Å². The molecule has 0 saturated carbocycles. The summed E-state index contributed by atoms with van der Waals surface area (Å²) >= 11 is 0. The molecule has 3 N–H and O–H groups in total. The van der Waals surface area contributed by atoms with Gasteiger partial charge in [-0.05, 0) is 96.3 Å². The fraction of sp³-hybridized carbons (Fsp3) is 0.867. The number of hydrogen-bond donors (Lipinski definition) is 3. The van der Waals surface area contributed by atoms with Crippen molar-refractivity contribution in [2.24, 2.45) is 0 Å². The van der Waals surface area contributed by atoms with Crippen LogP contribution in [0.2, 0.25) is 0 Å². The van der Waals surface area contributed by atoms with Crippen LogP contribution in [0.15, 0.2) is 60.8 Å². The average Bonchev–Trinajstić information content (AvgIpc) is 2.88. The zero-order valence-electron chi connectivity index (χ0n) is 64.9. The van der Waals surface area contributed by atoms with Gasteiger partial charge in [0.15, 0.2) is 0 Å². The van der Waals surface area contributed by atoms with Crippen LogP contribution in [0, 0.1) is 0 Å². The van der Waals surface area contributed by atoms with Crippen LogP contribution in [0.4, 0.5) is 0 Å². The largest absolute Gasteiger partial charge is 0.466 e. The molecule has 0 radical (unpaired) electrons. The van der Waals surface area contributed by atoms with Gasteiger partial charge in [-0.2, -0.15) is 0 Å². The third-order valence-corrected chi connectivity index (χ3v) is 20.3. The molecule has 96 heavy (non-hydrogen) atoms. The summed E-state index contributed by atoms with van der Waals surface area (Å²) in [5.74, 6) is -0.0487. The van der Waals surface area contributed by atoms with E-state index in [0.717, 1.165) is 57.8 Å². The van der Waals surface area contributed by atoms with Crippen molar-refractivity contribution in [1.82, 2.24) is 5.32 Å². The topological polar surface area (TPSA) is 95.9 Å². The quantitative estimate of drug-likeness (QED) is 0.0320. The number of carbonyl (C=O) groups excluding carboxylic acids is 2. The predicted molar refractivity (Wildman–Crippen MR) is 425 cm³/mol. The highest BCUT2D eigenvalue weighted by Gasteiger charge is 2.18. The fourth-order valence-corrected chi connectivity index (χ4v) is 13.6. The molecule has 0 aliphatic heterocycles. The molecular weight excluding hydrogens is 1170 g/mol. The predicted octanol–water partition coefficient (Wildman–Crippen LogP) is 29.3. The van der Waals surface area contributed by atoms with E-state index in [0.29, 0.717) is 19.4 Å². The van der Waals surface area contributed by atoms with E-state index >= 15 is 0 Å². The molecule has 2 atom stereocenters. The van der Waals surface area contributed by atoms with Gasteiger partial charge in [-0.25, -0.2) is 0 Å². The lowest BCUT2D eigenvalue weighted by molar-refractivity contribution is -0.143. The monoisotopic (exact) mass is 1340 g/mol. The van der Waals surface area contributed by atoms with Gasteiger partial charge in [-0.1, -0.05) is 428 Å². The van der Waals surface area contributed by atoms with Crippen LogP contribution in [0.3, 0.4) is 0 Å². The van der Waals surface area contributed by atoms with E-state index in [1.807, 2.05) is 6.08 Å². The molecule has 6 nitrogen and oxygen atoms in total. The number of carbonyl (C=O) groups is 2. The third kappa shape index (κ3) is 80.5. The van der Waals surface area contributed by atoms with E-state index in [9.17, 15) is 19.8 Å². The minimum atomic E-state index is -0.845. The highest BCUT2D eigenvalue weighted by atomic mass is 16.5. The lowest BCUT2D eigenvalue weighted by Gasteiger charge is -2.20. The molecule has 564 valence electrons. The summed E-state index contributed by atoms with van der Waals surface area (Å²) in [5.41, 5.74) is 0. The molecular formula is C90H169NO5. The normalized spacial score (nSPS) is 12.8. The Morgan fingerprint density at radius 1 is 0.292 bits per heavy atom. The summed E-state index contributed by atoms with van der Waals surface area (Å²) in [7, 11) is 0. The molecule has 0 aliphatic rings. The van der Waals surface area contributed by atoms with Gasteiger partial charge >= 0.3 is 5.97 Å². The lowest BCUT2D eigenvalue weighted by Crippen LogP contribution is -2.45. The van der Waals surface area contributed by atoms with Crippen molar-refractivity contribution in [2.75, 3.05) is 13.2 Å². The number of allylic oxidation sites excluding steroid dienone is 9. The molecule has 0 fully saturated rings. The number of hydrogen-bond acceptors (Lipinski definition) is 5. The Morgan fingerprint density at radius 3 is 0.802 bits per heavy atom. The summed E-state index contributed by atoms with van der Waals surface area (Å²) in [5, 5.41) is 23.3. The van der Waals surface area contributed by atoms with Gasteiger partial charge in [0.25, 0.3) is 0 Å². The molecule has 0 aromatic heterocycles. The van der Waals surface area contributed by atoms with Gasteiger partial charge in [-0.15, -0.1) is 0 Å². The van der Waals surface area contributed by atoms with E-state index in [4.69, 9.17) is 4.74 Å². The van der Waals surface area contributed by atoms with Gasteiger partial charge in [0.05, 0.1) is 25.4 Å². The zero-order valence-corrected chi connectivity index (χ0v) is 64.9. The first-order chi connectivity index (χ1) is 47.5. The minimum absolute atomic E-state index is 0.0117. The highest BCUT2D eigenvalue weighted by molar-refractivity contribution is 5.76. The maximum absolute atomic E-state index is 12.6. The summed E-state index contributed by atoms with van der Waals surface area (Å²) in [4.78, 5) is 24.7. The van der Waals surface area contributed by atoms with Gasteiger partial charge in [0.2, 0.25) is 5.91 Å². The van der Waals surface area contributed by atoms with Crippen molar-refractivity contribution in [1.29, 1.82) is 0 Å². The molecule has 0 saturated heterocycles. The van der Waals surface area contributed by atoms with Gasteiger partial charge in [-0.3, -0.25) is 9.59 Å². The first kappa shape index (κ1) is 93.6. The smallest absolute Gasteiger partial charge is 0.305 e. The number of nitrogens with one attached hydrogen (secondary N) is 1. The average molecular weight is 1350 g/mol. The van der Waals surface area contributed by atoms with Crippen LogP contribution in [0.5, 0.6) is 0 Å². The van der Waals surface area contributed by atoms with E-state index < -0.39 is 12.1 Å². The van der Waals surface area contributed by atoms with Crippen molar-refractivity contribution in [3.63, 3.8) is 0 Å². The van der Waals surface area contributed by atoms with Gasteiger partial charge in [0, 0.05) is 12.8 Å². The summed E-state index contributed by atoms with van der Waals surface area (Å²) in [6.45, 7) is 4.93. The lowest BCUT2D eigenvalue weighted by atomic mass is 10.0. The maximum atomic E-state index is 12.6. The van der Waals surface area contributed by atoms with Crippen molar-refractivity contribution >= 4 is 11.9 Å². The first-order valence-electron chi connectivity index (χ1n) is 43.6. The van der Waals surface area contributed by atoms with Crippen molar-refractivity contribution < 1.29 is 24.5 Å². The number of ether oxygens (including phenoxy) is 1. The maximum Gasteiger partial charge on any atom is 0.305 e. The summed E-state index contributed by atoms with van der Waals surface area (Å²) < 4.78 is 5.51. The van der Waals surface area contributed by atoms with Crippen LogP contribution >= 0.6 is 0 Å². The van der Waals surface area contributed by atoms with Crippen LogP contribution in [0.25, 0.3) is 0 Å². The standard InChI is InChI=1S/C90H169NO5/c1-3-5-7-9-11-13-15-17-19-21-23-24-25-41-44-47-50-54-58-62-66-70-74-78-82-88(93)87(86-92)91-89(94)83-79-75-71-67-63-59-55-51-48-45-42-39-37-35-33-31-29-27-26-28-30-32-34-36-38-40-43-46-49-53-57-61-65-69-73-77-81-85-96-90(95)84-80-76-72-68-64-60-56-52-22-20-18-16-14-12-10-8-6-4-2/h14,16,20,22,26,28,32,34,78,82,87-88,92-93H,3-13,15,17-19,21,23-25,27,29-31,33,35-77,79-81,83-86H2,1-2H3,(H,91,94)/b16-14-,22-20-,28-26-,34-32-,82-78+. The molecule has 0 bridgehead atoms. The Bertz CT molecular complexity index is 1650. The number of amides is 1. The molecule has 0 aliphatic carbocycles. The summed E-state index contributed by atoms with van der Waals surface area (Å²) in [6.07, 6.45) is 115. The molecule has 2 unspecified atom stereocenters.